The van der Waals surface area contributed by atoms with Crippen LogP contribution in [0.2, 0.25) is 0 Å². The number of hydrogen-bond acceptors (Lipinski definition) is 4. The predicted octanol–water partition coefficient (Wildman–Crippen LogP) is 0.790. The third kappa shape index (κ3) is 4.98. The molecule has 5 N–H and O–H groups in total. The van der Waals surface area contributed by atoms with Crippen molar-refractivity contribution in [2.45, 2.75) is 37.1 Å². The zero-order valence-corrected chi connectivity index (χ0v) is 11.6. The fourth-order valence-electron chi connectivity index (χ4n) is 1.52. The maximum absolute atomic E-state index is 11.7. The zero-order valence-electron chi connectivity index (χ0n) is 10.8. The van der Waals surface area contributed by atoms with Crippen LogP contribution in [0.5, 0.6) is 0 Å². The van der Waals surface area contributed by atoms with Crippen molar-refractivity contribution in [3.63, 3.8) is 0 Å². The summed E-state index contributed by atoms with van der Waals surface area (Å²) in [6.45, 7) is 2.02. The molecule has 1 rings (SSSR count). The topological polar surface area (TPSA) is 115 Å². The fourth-order valence-corrected chi connectivity index (χ4v) is 2.03. The average Bonchev–Trinajstić information content (AvgIpc) is 2.35. The Hall–Kier alpha value is -1.44. The molecule has 0 saturated heterocycles. The molecule has 1 atom stereocenters. The van der Waals surface area contributed by atoms with E-state index in [-0.39, 0.29) is 10.8 Å². The summed E-state index contributed by atoms with van der Waals surface area (Å²) in [4.78, 5) is 11.7. The van der Waals surface area contributed by atoms with E-state index < -0.39 is 16.1 Å². The van der Waals surface area contributed by atoms with E-state index in [1.807, 2.05) is 6.92 Å². The highest BCUT2D eigenvalue weighted by Crippen LogP contribution is 2.13. The number of carbonyl (C=O) groups excluding carboxylic acids is 1. The first-order valence-electron chi connectivity index (χ1n) is 6.04. The van der Waals surface area contributed by atoms with Gasteiger partial charge in [0.15, 0.2) is 0 Å². The summed E-state index contributed by atoms with van der Waals surface area (Å²) >= 11 is 0. The maximum Gasteiger partial charge on any atom is 0.241 e. The van der Waals surface area contributed by atoms with Crippen molar-refractivity contribution >= 4 is 21.6 Å². The second-order valence-electron chi connectivity index (χ2n) is 4.31. The van der Waals surface area contributed by atoms with Crippen molar-refractivity contribution in [1.29, 1.82) is 0 Å². The van der Waals surface area contributed by atoms with Crippen LogP contribution < -0.4 is 16.2 Å². The summed E-state index contributed by atoms with van der Waals surface area (Å²) in [5, 5.41) is 7.61. The van der Waals surface area contributed by atoms with Gasteiger partial charge in [0.05, 0.1) is 10.9 Å². The molecule has 1 amide bonds. The molecular weight excluding hydrogens is 266 g/mol. The van der Waals surface area contributed by atoms with Gasteiger partial charge in [-0.05, 0) is 30.7 Å². The molecule has 0 fully saturated rings. The quantitative estimate of drug-likeness (QED) is 0.716. The van der Waals surface area contributed by atoms with Gasteiger partial charge in [-0.25, -0.2) is 13.6 Å². The van der Waals surface area contributed by atoms with Crippen molar-refractivity contribution < 1.29 is 13.2 Å². The second-order valence-corrected chi connectivity index (χ2v) is 5.87. The fraction of sp³-hybridized carbons (Fsp3) is 0.417. The highest BCUT2D eigenvalue weighted by Gasteiger charge is 2.13. The monoisotopic (exact) mass is 285 g/mol. The molecule has 0 aliphatic carbocycles. The van der Waals surface area contributed by atoms with Crippen molar-refractivity contribution in [2.75, 3.05) is 5.32 Å². The lowest BCUT2D eigenvalue weighted by molar-refractivity contribution is -0.117. The minimum absolute atomic E-state index is 0.000723. The molecular formula is C12H19N3O3S. The maximum atomic E-state index is 11.7. The van der Waals surface area contributed by atoms with E-state index in [9.17, 15) is 13.2 Å². The van der Waals surface area contributed by atoms with Crippen LogP contribution in [0.4, 0.5) is 5.69 Å². The number of rotatable bonds is 6. The lowest BCUT2D eigenvalue weighted by atomic mass is 10.1. The van der Waals surface area contributed by atoms with Crippen LogP contribution in [0.25, 0.3) is 0 Å². The van der Waals surface area contributed by atoms with Crippen LogP contribution >= 0.6 is 0 Å². The summed E-state index contributed by atoms with van der Waals surface area (Å²) in [6.07, 6.45) is 2.49. The van der Waals surface area contributed by atoms with E-state index in [4.69, 9.17) is 10.9 Å². The van der Waals surface area contributed by atoms with Gasteiger partial charge in [-0.2, -0.15) is 0 Å². The van der Waals surface area contributed by atoms with Crippen LogP contribution in [0.15, 0.2) is 29.2 Å². The molecule has 19 heavy (non-hydrogen) atoms. The molecule has 7 heteroatoms. The lowest BCUT2D eigenvalue weighted by Crippen LogP contribution is -2.35. The van der Waals surface area contributed by atoms with E-state index in [0.717, 1.165) is 12.8 Å². The minimum Gasteiger partial charge on any atom is -0.325 e. The van der Waals surface area contributed by atoms with Gasteiger partial charge in [-0.15, -0.1) is 0 Å². The van der Waals surface area contributed by atoms with Gasteiger partial charge in [0, 0.05) is 5.69 Å². The smallest absolute Gasteiger partial charge is 0.241 e. The Kier molecular flexibility index (Phi) is 5.46. The molecule has 0 spiro atoms. The first-order chi connectivity index (χ1) is 8.84. The van der Waals surface area contributed by atoms with Gasteiger partial charge in [0.1, 0.15) is 0 Å². The molecule has 0 aromatic heterocycles. The Morgan fingerprint density at radius 2 is 1.89 bits per heavy atom. The molecule has 0 bridgehead atoms. The van der Waals surface area contributed by atoms with E-state index in [1.165, 1.54) is 24.3 Å². The minimum atomic E-state index is -3.71. The Labute approximate surface area is 113 Å². The molecule has 0 heterocycles. The standard InChI is InChI=1S/C12H19N3O3S/c1-2-3-4-11(13)12(16)15-9-5-7-10(8-6-9)19(14,17)18/h5-8,11H,2-4,13H2,1H3,(H,15,16)(H2,14,17,18). The molecule has 6 nitrogen and oxygen atoms in total. The number of primary sulfonamides is 1. The highest BCUT2D eigenvalue weighted by atomic mass is 32.2. The number of benzene rings is 1. The number of nitrogens with two attached hydrogens (primary N) is 2. The third-order valence-electron chi connectivity index (χ3n) is 2.66. The number of sulfonamides is 1. The van der Waals surface area contributed by atoms with Crippen molar-refractivity contribution in [1.82, 2.24) is 0 Å². The predicted molar refractivity (Wildman–Crippen MR) is 73.9 cm³/mol. The van der Waals surface area contributed by atoms with E-state index in [0.29, 0.717) is 12.1 Å². The Balaban J connectivity index is 2.65. The van der Waals surface area contributed by atoms with Gasteiger partial charge in [-0.1, -0.05) is 19.8 Å². The molecule has 0 aliphatic heterocycles. The van der Waals surface area contributed by atoms with Crippen LogP contribution in [-0.4, -0.2) is 20.4 Å². The van der Waals surface area contributed by atoms with Gasteiger partial charge in [0.25, 0.3) is 0 Å². The largest absolute Gasteiger partial charge is 0.325 e. The van der Waals surface area contributed by atoms with Crippen molar-refractivity contribution in [2.24, 2.45) is 10.9 Å². The SMILES string of the molecule is CCCCC(N)C(=O)Nc1ccc(S(N)(=O)=O)cc1. The van der Waals surface area contributed by atoms with Crippen LogP contribution in [0.3, 0.4) is 0 Å². The van der Waals surface area contributed by atoms with Crippen molar-refractivity contribution in [3.05, 3.63) is 24.3 Å². The van der Waals surface area contributed by atoms with E-state index in [2.05, 4.69) is 5.32 Å². The summed E-state index contributed by atoms with van der Waals surface area (Å²) in [7, 11) is -3.71. The van der Waals surface area contributed by atoms with Gasteiger partial charge in [0.2, 0.25) is 15.9 Å². The first-order valence-corrected chi connectivity index (χ1v) is 7.58. The molecule has 106 valence electrons. The number of amides is 1. The van der Waals surface area contributed by atoms with Gasteiger partial charge >= 0.3 is 0 Å². The van der Waals surface area contributed by atoms with Gasteiger partial charge in [-0.3, -0.25) is 4.79 Å². The lowest BCUT2D eigenvalue weighted by Gasteiger charge is -2.11. The van der Waals surface area contributed by atoms with E-state index in [1.54, 1.807) is 0 Å². The molecule has 1 aromatic carbocycles. The summed E-state index contributed by atoms with van der Waals surface area (Å²) < 4.78 is 22.1. The Morgan fingerprint density at radius 3 is 2.37 bits per heavy atom. The Bertz CT molecular complexity index is 526. The molecule has 0 aliphatic rings. The third-order valence-corrected chi connectivity index (χ3v) is 3.59. The summed E-state index contributed by atoms with van der Waals surface area (Å²) in [6, 6.07) is 5.07. The zero-order chi connectivity index (χ0) is 14.5. The summed E-state index contributed by atoms with van der Waals surface area (Å²) in [5.41, 5.74) is 6.21. The Morgan fingerprint density at radius 1 is 1.32 bits per heavy atom. The number of carbonyl (C=O) groups is 1. The van der Waals surface area contributed by atoms with Gasteiger partial charge < -0.3 is 11.1 Å². The number of unbranched alkanes of at least 4 members (excludes halogenated alkanes) is 1. The molecule has 0 radical (unpaired) electrons. The molecule has 0 saturated carbocycles. The highest BCUT2D eigenvalue weighted by molar-refractivity contribution is 7.89. The van der Waals surface area contributed by atoms with E-state index >= 15 is 0 Å². The number of nitrogens with one attached hydrogen (secondary N) is 1. The number of anilines is 1. The summed E-state index contributed by atoms with van der Waals surface area (Å²) in [5.74, 6) is -0.281. The first kappa shape index (κ1) is 15.6. The number of hydrogen-bond donors (Lipinski definition) is 3. The second kappa shape index (κ2) is 6.65. The van der Waals surface area contributed by atoms with Crippen LogP contribution in [-0.2, 0) is 14.8 Å². The van der Waals surface area contributed by atoms with Crippen molar-refractivity contribution in [3.8, 4) is 0 Å². The molecule has 1 aromatic rings. The van der Waals surface area contributed by atoms with Crippen LogP contribution in [0, 0.1) is 0 Å². The normalized spacial score (nSPS) is 13.0. The molecule has 1 unspecified atom stereocenters. The van der Waals surface area contributed by atoms with Crippen LogP contribution in [0.1, 0.15) is 26.2 Å². The average molecular weight is 285 g/mol.